The number of nitrogens with zero attached hydrogens (tertiary/aromatic N) is 3. The van der Waals surface area contributed by atoms with Crippen LogP contribution < -0.4 is 15.4 Å². The van der Waals surface area contributed by atoms with E-state index in [1.807, 2.05) is 0 Å². The molecule has 1 amide bonds. The van der Waals surface area contributed by atoms with E-state index in [1.165, 1.54) is 23.0 Å². The first-order chi connectivity index (χ1) is 14.0. The highest BCUT2D eigenvalue weighted by molar-refractivity contribution is 7.70. The van der Waals surface area contributed by atoms with Gasteiger partial charge in [-0.05, 0) is 49.7 Å². The van der Waals surface area contributed by atoms with Crippen LogP contribution in [0.5, 0.6) is 5.75 Å². The van der Waals surface area contributed by atoms with Gasteiger partial charge in [-0.15, -0.1) is 13.2 Å². The Morgan fingerprint density at radius 2 is 1.93 bits per heavy atom. The fraction of sp³-hybridized carbons (Fsp3) is 0.211. The Labute approximate surface area is 169 Å². The Morgan fingerprint density at radius 1 is 1.27 bits per heavy atom. The fourth-order valence-corrected chi connectivity index (χ4v) is 4.07. The summed E-state index contributed by atoms with van der Waals surface area (Å²) in [7, 11) is -2.73. The molecule has 0 aliphatic carbocycles. The molecule has 158 valence electrons. The lowest BCUT2D eigenvalue weighted by Gasteiger charge is -2.10. The van der Waals surface area contributed by atoms with Gasteiger partial charge in [-0.1, -0.05) is 6.58 Å². The summed E-state index contributed by atoms with van der Waals surface area (Å²) in [5, 5.41) is 8.15. The Balaban J connectivity index is 2.12. The van der Waals surface area contributed by atoms with Crippen molar-refractivity contribution in [3.63, 3.8) is 0 Å². The summed E-state index contributed by atoms with van der Waals surface area (Å²) in [5.74, 6) is -0.783. The Hall–Kier alpha value is -3.13. The van der Waals surface area contributed by atoms with E-state index in [0.29, 0.717) is 27.7 Å². The zero-order valence-corrected chi connectivity index (χ0v) is 17.0. The number of ether oxygens (including phenoxy) is 1. The zero-order chi connectivity index (χ0) is 22.1. The minimum atomic E-state index is -4.80. The number of fused-ring (bicyclic) bond motifs is 1. The van der Waals surface area contributed by atoms with Crippen molar-refractivity contribution in [2.45, 2.75) is 12.9 Å². The molecule has 0 saturated heterocycles. The molecule has 3 rings (SSSR count). The first-order valence-corrected chi connectivity index (χ1v) is 11.3. The van der Waals surface area contributed by atoms with Crippen LogP contribution in [0.15, 0.2) is 49.2 Å². The number of benzene rings is 1. The van der Waals surface area contributed by atoms with Gasteiger partial charge in [-0.25, -0.2) is 9.67 Å². The SMILES string of the molecule is C=CC(=O)NCc1nn(-c2ccc(OC(F)(F)F)cc2)c2nccc(P(C)(C)=O)c12. The van der Waals surface area contributed by atoms with Gasteiger partial charge in [0, 0.05) is 11.5 Å². The van der Waals surface area contributed by atoms with Gasteiger partial charge < -0.3 is 14.6 Å². The summed E-state index contributed by atoms with van der Waals surface area (Å²) in [4.78, 5) is 15.9. The summed E-state index contributed by atoms with van der Waals surface area (Å²) in [6.07, 6.45) is -2.19. The largest absolute Gasteiger partial charge is 0.573 e. The van der Waals surface area contributed by atoms with E-state index in [2.05, 4.69) is 26.7 Å². The van der Waals surface area contributed by atoms with Crippen molar-refractivity contribution >= 4 is 29.4 Å². The van der Waals surface area contributed by atoms with Crippen LogP contribution in [-0.2, 0) is 15.9 Å². The third-order valence-electron chi connectivity index (χ3n) is 4.13. The molecule has 0 atom stereocenters. The van der Waals surface area contributed by atoms with Gasteiger partial charge in [0.1, 0.15) is 12.9 Å². The molecule has 11 heteroatoms. The lowest BCUT2D eigenvalue weighted by molar-refractivity contribution is -0.274. The number of aromatic nitrogens is 3. The Morgan fingerprint density at radius 3 is 2.50 bits per heavy atom. The quantitative estimate of drug-likeness (QED) is 0.471. The molecule has 0 aliphatic heterocycles. The van der Waals surface area contributed by atoms with Crippen LogP contribution in [-0.4, -0.2) is 40.4 Å². The van der Waals surface area contributed by atoms with Crippen LogP contribution in [0.1, 0.15) is 5.69 Å². The van der Waals surface area contributed by atoms with Crippen molar-refractivity contribution in [2.75, 3.05) is 13.3 Å². The molecule has 1 N–H and O–H groups in total. The van der Waals surface area contributed by atoms with E-state index in [4.69, 9.17) is 0 Å². The van der Waals surface area contributed by atoms with E-state index in [-0.39, 0.29) is 12.3 Å². The average Bonchev–Trinajstić information content (AvgIpc) is 3.03. The summed E-state index contributed by atoms with van der Waals surface area (Å²) in [6.45, 7) is 6.63. The third-order valence-corrected chi connectivity index (χ3v) is 5.66. The molecule has 3 aromatic rings. The van der Waals surface area contributed by atoms with Gasteiger partial charge in [-0.3, -0.25) is 4.79 Å². The van der Waals surface area contributed by atoms with Crippen LogP contribution in [0.4, 0.5) is 13.2 Å². The highest BCUT2D eigenvalue weighted by atomic mass is 31.2. The zero-order valence-electron chi connectivity index (χ0n) is 16.1. The summed E-state index contributed by atoms with van der Waals surface area (Å²) >= 11 is 0. The number of halogens is 3. The third kappa shape index (κ3) is 4.71. The summed E-state index contributed by atoms with van der Waals surface area (Å²) in [6, 6.07) is 6.74. The second kappa shape index (κ2) is 7.95. The first-order valence-electron chi connectivity index (χ1n) is 8.68. The van der Waals surface area contributed by atoms with Crippen LogP contribution in [0.3, 0.4) is 0 Å². The van der Waals surface area contributed by atoms with Crippen molar-refractivity contribution < 1.29 is 27.3 Å². The van der Waals surface area contributed by atoms with Crippen molar-refractivity contribution in [2.24, 2.45) is 0 Å². The van der Waals surface area contributed by atoms with Gasteiger partial charge in [0.05, 0.1) is 23.3 Å². The molecule has 0 saturated carbocycles. The molecule has 1 aromatic carbocycles. The van der Waals surface area contributed by atoms with E-state index in [1.54, 1.807) is 19.4 Å². The van der Waals surface area contributed by atoms with Gasteiger partial charge >= 0.3 is 6.36 Å². The van der Waals surface area contributed by atoms with E-state index < -0.39 is 19.4 Å². The number of hydrogen-bond acceptors (Lipinski definition) is 5. The lowest BCUT2D eigenvalue weighted by atomic mass is 10.2. The molecule has 7 nitrogen and oxygen atoms in total. The second-order valence-corrected chi connectivity index (χ2v) is 9.89. The summed E-state index contributed by atoms with van der Waals surface area (Å²) in [5.41, 5.74) is 1.20. The van der Waals surface area contributed by atoms with Gasteiger partial charge in [0.15, 0.2) is 5.65 Å². The molecule has 0 radical (unpaired) electrons. The topological polar surface area (TPSA) is 86.1 Å². The van der Waals surface area contributed by atoms with Crippen molar-refractivity contribution in [1.82, 2.24) is 20.1 Å². The van der Waals surface area contributed by atoms with Crippen LogP contribution in [0, 0.1) is 0 Å². The minimum Gasteiger partial charge on any atom is -0.406 e. The van der Waals surface area contributed by atoms with Crippen molar-refractivity contribution in [3.05, 3.63) is 54.9 Å². The van der Waals surface area contributed by atoms with Gasteiger partial charge in [0.25, 0.3) is 0 Å². The molecular formula is C19H18F3N4O3P. The molecular weight excluding hydrogens is 420 g/mol. The van der Waals surface area contributed by atoms with Gasteiger partial charge in [-0.2, -0.15) is 5.10 Å². The Kier molecular flexibility index (Phi) is 5.72. The molecule has 0 aliphatic rings. The smallest absolute Gasteiger partial charge is 0.406 e. The van der Waals surface area contributed by atoms with E-state index in [9.17, 15) is 22.5 Å². The normalized spacial score (nSPS) is 12.0. The number of pyridine rings is 1. The number of alkyl halides is 3. The second-order valence-electron chi connectivity index (χ2n) is 6.70. The van der Waals surface area contributed by atoms with Crippen LogP contribution in [0.25, 0.3) is 16.7 Å². The monoisotopic (exact) mass is 438 g/mol. The highest BCUT2D eigenvalue weighted by Crippen LogP contribution is 2.38. The standard InChI is InChI=1S/C19H18F3N4O3P/c1-4-16(27)24-11-14-17-15(30(2,3)28)9-10-23-18(17)26(25-14)12-5-7-13(8-6-12)29-19(20,21)22/h4-10H,1,11H2,2-3H3,(H,24,27). The predicted octanol–water partition coefficient (Wildman–Crippen LogP) is 3.37. The lowest BCUT2D eigenvalue weighted by Crippen LogP contribution is -2.21. The van der Waals surface area contributed by atoms with Crippen molar-refractivity contribution in [3.8, 4) is 11.4 Å². The number of hydrogen-bond donors (Lipinski definition) is 1. The molecule has 0 bridgehead atoms. The maximum absolute atomic E-state index is 12.8. The number of carbonyl (C=O) groups excluding carboxylic acids is 1. The highest BCUT2D eigenvalue weighted by Gasteiger charge is 2.31. The molecule has 0 spiro atoms. The average molecular weight is 438 g/mol. The number of rotatable bonds is 6. The number of amides is 1. The van der Waals surface area contributed by atoms with Crippen molar-refractivity contribution in [1.29, 1.82) is 0 Å². The minimum absolute atomic E-state index is 0.0301. The van der Waals surface area contributed by atoms with Crippen LogP contribution >= 0.6 is 7.14 Å². The number of nitrogens with one attached hydrogen (secondary N) is 1. The van der Waals surface area contributed by atoms with Gasteiger partial charge in [0.2, 0.25) is 5.91 Å². The fourth-order valence-electron chi connectivity index (χ4n) is 2.88. The molecule has 30 heavy (non-hydrogen) atoms. The molecule has 0 unspecified atom stereocenters. The van der Waals surface area contributed by atoms with E-state index in [0.717, 1.165) is 18.2 Å². The van der Waals surface area contributed by atoms with E-state index >= 15 is 0 Å². The molecule has 0 fully saturated rings. The predicted molar refractivity (Wildman–Crippen MR) is 107 cm³/mol. The maximum atomic E-state index is 12.8. The number of carbonyl (C=O) groups is 1. The Bertz CT molecular complexity index is 1150. The van der Waals surface area contributed by atoms with Crippen LogP contribution in [0.2, 0.25) is 0 Å². The maximum Gasteiger partial charge on any atom is 0.573 e. The first kappa shape index (κ1) is 21.6. The molecule has 2 heterocycles. The molecule has 2 aromatic heterocycles. The summed E-state index contributed by atoms with van der Waals surface area (Å²) < 4.78 is 55.3.